The Morgan fingerprint density at radius 2 is 1.78 bits per heavy atom. The first-order chi connectivity index (χ1) is 22.0. The van der Waals surface area contributed by atoms with E-state index in [-0.39, 0.29) is 23.4 Å². The molecule has 0 aliphatic carbocycles. The number of carbonyl (C=O) groups is 2. The highest BCUT2D eigenvalue weighted by Gasteiger charge is 2.31. The molecule has 3 aromatic rings. The van der Waals surface area contributed by atoms with Gasteiger partial charge in [-0.05, 0) is 81.8 Å². The Kier molecular flexibility index (Phi) is 11.2. The molecule has 0 radical (unpaired) electrons. The fourth-order valence-corrected chi connectivity index (χ4v) is 5.30. The van der Waals surface area contributed by atoms with Crippen molar-refractivity contribution < 1.29 is 28.9 Å². The summed E-state index contributed by atoms with van der Waals surface area (Å²) in [6.45, 7) is 5.07. The number of hydrogen-bond donors (Lipinski definition) is 5. The van der Waals surface area contributed by atoms with Crippen molar-refractivity contribution in [2.24, 2.45) is 5.92 Å². The molecule has 13 nitrogen and oxygen atoms in total. The quantitative estimate of drug-likeness (QED) is 0.268. The average molecular weight is 620 g/mol. The Balaban J connectivity index is 1.40. The lowest BCUT2D eigenvalue weighted by molar-refractivity contribution is -0.140. The first kappa shape index (κ1) is 31.8. The number of aliphatic carboxylic acids is 1. The molecule has 0 saturated carbocycles. The van der Waals surface area contributed by atoms with Crippen LogP contribution in [0.1, 0.15) is 61.4 Å². The van der Waals surface area contributed by atoms with Crippen LogP contribution in [0.25, 0.3) is 0 Å². The number of carboxylic acid groups (broad SMARTS) is 1. The number of anilines is 3. The fraction of sp³-hybridized carbons (Fsp3) is 0.469. The minimum absolute atomic E-state index is 0.157. The van der Waals surface area contributed by atoms with Crippen molar-refractivity contribution in [2.45, 2.75) is 58.0 Å². The van der Waals surface area contributed by atoms with E-state index in [1.165, 1.54) is 0 Å². The van der Waals surface area contributed by atoms with Gasteiger partial charge in [0.15, 0.2) is 0 Å². The Hall–Kier alpha value is -4.65. The number of fused-ring (bicyclic) bond motifs is 10. The number of hydrogen-bond acceptors (Lipinski definition) is 11. The minimum atomic E-state index is -1.06. The summed E-state index contributed by atoms with van der Waals surface area (Å²) in [6.07, 6.45) is 5.16. The van der Waals surface area contributed by atoms with Gasteiger partial charge in [0.1, 0.15) is 17.5 Å². The molecule has 1 aromatic heterocycles. The SMILES string of the molecule is CCOc1nc2nc(n1)Nc1ccc(C(=O)NC(C(=O)O)C3CCCNC3)c(c1)OCCCCCCOc1ccc(cc1)CN2. The summed E-state index contributed by atoms with van der Waals surface area (Å²) in [4.78, 5) is 38.9. The van der Waals surface area contributed by atoms with E-state index >= 15 is 0 Å². The number of nitrogens with one attached hydrogen (secondary N) is 4. The van der Waals surface area contributed by atoms with Crippen molar-refractivity contribution in [3.05, 3.63) is 53.6 Å². The highest BCUT2D eigenvalue weighted by molar-refractivity contribution is 5.99. The number of nitrogens with zero attached hydrogens (tertiary/aromatic N) is 3. The molecule has 3 aliphatic rings. The molecule has 0 spiro atoms. The van der Waals surface area contributed by atoms with Crippen LogP contribution in [0, 0.1) is 5.92 Å². The molecule has 2 aromatic carbocycles. The summed E-state index contributed by atoms with van der Waals surface area (Å²) in [5.74, 6) is -0.0584. The second kappa shape index (κ2) is 15.9. The normalized spacial score (nSPS) is 18.0. The predicted molar refractivity (Wildman–Crippen MR) is 168 cm³/mol. The number of aromatic nitrogens is 3. The molecule has 4 heterocycles. The summed E-state index contributed by atoms with van der Waals surface area (Å²) >= 11 is 0. The summed E-state index contributed by atoms with van der Waals surface area (Å²) in [7, 11) is 0. The third-order valence-corrected chi connectivity index (χ3v) is 7.67. The van der Waals surface area contributed by atoms with Crippen LogP contribution in [0.3, 0.4) is 0 Å². The lowest BCUT2D eigenvalue weighted by Crippen LogP contribution is -2.50. The van der Waals surface area contributed by atoms with Crippen LogP contribution in [0.15, 0.2) is 42.5 Å². The van der Waals surface area contributed by atoms with Gasteiger partial charge in [-0.15, -0.1) is 0 Å². The first-order valence-electron chi connectivity index (χ1n) is 15.6. The minimum Gasteiger partial charge on any atom is -0.494 e. The van der Waals surface area contributed by atoms with Gasteiger partial charge in [-0.25, -0.2) is 4.79 Å². The first-order valence-corrected chi connectivity index (χ1v) is 15.6. The molecule has 6 rings (SSSR count). The summed E-state index contributed by atoms with van der Waals surface area (Å²) in [6, 6.07) is 12.0. The van der Waals surface area contributed by atoms with Crippen molar-refractivity contribution in [2.75, 3.05) is 43.5 Å². The van der Waals surface area contributed by atoms with E-state index in [4.69, 9.17) is 14.2 Å². The number of amides is 1. The molecule has 5 N–H and O–H groups in total. The fourth-order valence-electron chi connectivity index (χ4n) is 5.30. The van der Waals surface area contributed by atoms with E-state index in [2.05, 4.69) is 36.2 Å². The number of carbonyl (C=O) groups excluding carboxylic acids is 1. The largest absolute Gasteiger partial charge is 0.494 e. The van der Waals surface area contributed by atoms with Crippen molar-refractivity contribution >= 4 is 29.5 Å². The molecular formula is C32H41N7O6. The molecule has 2 atom stereocenters. The van der Waals surface area contributed by atoms with Gasteiger partial charge >= 0.3 is 12.0 Å². The maximum absolute atomic E-state index is 13.5. The maximum atomic E-state index is 13.5. The van der Waals surface area contributed by atoms with Gasteiger partial charge in [-0.3, -0.25) is 4.79 Å². The number of ether oxygens (including phenoxy) is 3. The second-order valence-corrected chi connectivity index (χ2v) is 11.0. The van der Waals surface area contributed by atoms with Gasteiger partial charge in [0.05, 0.1) is 25.4 Å². The Labute approximate surface area is 262 Å². The summed E-state index contributed by atoms with van der Waals surface area (Å²) in [5, 5.41) is 22.3. The van der Waals surface area contributed by atoms with Crippen LogP contribution < -0.4 is 35.5 Å². The topological polar surface area (TPSA) is 169 Å². The molecule has 3 aliphatic heterocycles. The standard InChI is InChI=1S/C32H41N7O6/c1-2-43-32-38-30-34-19-21-9-12-24(13-10-21)44-16-5-3-4-6-17-45-26-18-23(35-31(37-30)39-32)11-14-25(26)28(40)36-27(29(41)42)22-8-7-15-33-20-22/h9-14,18,22,27,33H,2-8,15-17,19-20H2,1H3,(H,36,40)(H,41,42)(H2,34,35,37,38,39). The Bertz CT molecular complexity index is 1430. The zero-order valence-electron chi connectivity index (χ0n) is 25.5. The van der Waals surface area contributed by atoms with Crippen LogP contribution in [0.4, 0.5) is 17.6 Å². The molecule has 1 amide bonds. The zero-order chi connectivity index (χ0) is 31.4. The molecule has 240 valence electrons. The van der Waals surface area contributed by atoms with Crippen molar-refractivity contribution in [1.29, 1.82) is 0 Å². The number of carboxylic acids is 1. The Morgan fingerprint density at radius 1 is 1.00 bits per heavy atom. The number of benzene rings is 2. The third kappa shape index (κ3) is 9.17. The van der Waals surface area contributed by atoms with Gasteiger partial charge in [0.25, 0.3) is 5.91 Å². The molecular weight excluding hydrogens is 578 g/mol. The monoisotopic (exact) mass is 619 g/mol. The van der Waals surface area contributed by atoms with E-state index in [1.807, 2.05) is 31.2 Å². The lowest BCUT2D eigenvalue weighted by Gasteiger charge is -2.28. The van der Waals surface area contributed by atoms with Crippen LogP contribution in [-0.4, -0.2) is 70.9 Å². The van der Waals surface area contributed by atoms with E-state index in [0.29, 0.717) is 50.3 Å². The summed E-state index contributed by atoms with van der Waals surface area (Å²) < 4.78 is 17.6. The van der Waals surface area contributed by atoms with Crippen LogP contribution >= 0.6 is 0 Å². The maximum Gasteiger partial charge on any atom is 0.326 e. The third-order valence-electron chi connectivity index (χ3n) is 7.67. The smallest absolute Gasteiger partial charge is 0.326 e. The molecule has 13 heteroatoms. The predicted octanol–water partition coefficient (Wildman–Crippen LogP) is 4.14. The average Bonchev–Trinajstić information content (AvgIpc) is 3.04. The van der Waals surface area contributed by atoms with E-state index < -0.39 is 17.9 Å². The van der Waals surface area contributed by atoms with Crippen molar-refractivity contribution in [3.63, 3.8) is 0 Å². The highest BCUT2D eigenvalue weighted by atomic mass is 16.5. The molecule has 6 bridgehead atoms. The van der Waals surface area contributed by atoms with Crippen LogP contribution in [0.5, 0.6) is 17.5 Å². The summed E-state index contributed by atoms with van der Waals surface area (Å²) in [5.41, 5.74) is 1.85. The zero-order valence-corrected chi connectivity index (χ0v) is 25.5. The van der Waals surface area contributed by atoms with Gasteiger partial charge in [-0.1, -0.05) is 12.1 Å². The van der Waals surface area contributed by atoms with Gasteiger partial charge in [-0.2, -0.15) is 15.0 Å². The van der Waals surface area contributed by atoms with Gasteiger partial charge < -0.3 is 40.6 Å². The van der Waals surface area contributed by atoms with E-state index in [0.717, 1.165) is 56.4 Å². The van der Waals surface area contributed by atoms with Crippen LogP contribution in [0.2, 0.25) is 0 Å². The highest BCUT2D eigenvalue weighted by Crippen LogP contribution is 2.27. The van der Waals surface area contributed by atoms with Crippen molar-refractivity contribution in [1.82, 2.24) is 25.6 Å². The van der Waals surface area contributed by atoms with E-state index in [1.54, 1.807) is 18.2 Å². The lowest BCUT2D eigenvalue weighted by atomic mass is 9.91. The Morgan fingerprint density at radius 3 is 2.51 bits per heavy atom. The van der Waals surface area contributed by atoms with E-state index in [9.17, 15) is 14.7 Å². The molecule has 45 heavy (non-hydrogen) atoms. The molecule has 1 fully saturated rings. The van der Waals surface area contributed by atoms with Crippen molar-refractivity contribution in [3.8, 4) is 17.5 Å². The number of rotatable bonds is 6. The molecule has 2 unspecified atom stereocenters. The molecule has 1 saturated heterocycles. The second-order valence-electron chi connectivity index (χ2n) is 11.0. The van der Waals surface area contributed by atoms with Gasteiger partial charge in [0.2, 0.25) is 11.9 Å². The van der Waals surface area contributed by atoms with Gasteiger partial charge in [0, 0.05) is 30.8 Å². The number of piperidine rings is 1. The van der Waals surface area contributed by atoms with Crippen LogP contribution in [-0.2, 0) is 11.3 Å².